The first-order chi connectivity index (χ1) is 18.4. The van der Waals surface area contributed by atoms with Crippen molar-refractivity contribution in [3.63, 3.8) is 0 Å². The third kappa shape index (κ3) is 4.94. The molecular formula is C29H34N8O. The molecule has 4 aromatic rings. The monoisotopic (exact) mass is 510 g/mol. The van der Waals surface area contributed by atoms with Crippen LogP contribution >= 0.6 is 0 Å². The van der Waals surface area contributed by atoms with Crippen molar-refractivity contribution in [1.82, 2.24) is 29.5 Å². The SMILES string of the molecule is Cc1cc(-c2cnc(N)c(Oc3cnn(-c4ccc(N5CCN(C)CC5)cc4)c3)n2)cc2c1CCN(C)C2. The molecule has 0 spiro atoms. The number of likely N-dealkylation sites (N-methyl/N-ethyl adjacent to an activating group) is 2. The van der Waals surface area contributed by atoms with Gasteiger partial charge in [0.05, 0.1) is 30.0 Å². The molecule has 1 fully saturated rings. The normalized spacial score (nSPS) is 16.4. The highest BCUT2D eigenvalue weighted by Crippen LogP contribution is 2.31. The Morgan fingerprint density at radius 3 is 2.45 bits per heavy atom. The van der Waals surface area contributed by atoms with Crippen LogP contribution in [-0.4, -0.2) is 76.4 Å². The molecule has 2 aliphatic rings. The maximum atomic E-state index is 6.15. The molecule has 2 N–H and O–H groups in total. The van der Waals surface area contributed by atoms with Gasteiger partial charge in [-0.25, -0.2) is 14.6 Å². The highest BCUT2D eigenvalue weighted by molar-refractivity contribution is 5.64. The number of nitrogens with two attached hydrogens (primary N) is 1. The number of fused-ring (bicyclic) bond motifs is 1. The number of piperazine rings is 1. The number of ether oxygens (including phenoxy) is 1. The van der Waals surface area contributed by atoms with E-state index in [2.05, 4.69) is 82.2 Å². The molecule has 2 aromatic heterocycles. The van der Waals surface area contributed by atoms with Crippen molar-refractivity contribution in [2.75, 3.05) is 57.5 Å². The van der Waals surface area contributed by atoms with Crippen molar-refractivity contribution in [3.8, 4) is 28.6 Å². The first-order valence-electron chi connectivity index (χ1n) is 13.1. The lowest BCUT2D eigenvalue weighted by Crippen LogP contribution is -2.44. The zero-order chi connectivity index (χ0) is 26.2. The van der Waals surface area contributed by atoms with E-state index in [1.54, 1.807) is 17.1 Å². The van der Waals surface area contributed by atoms with Gasteiger partial charge in [0.15, 0.2) is 11.6 Å². The zero-order valence-electron chi connectivity index (χ0n) is 22.3. The molecule has 4 heterocycles. The van der Waals surface area contributed by atoms with Gasteiger partial charge in [0.2, 0.25) is 0 Å². The molecule has 38 heavy (non-hydrogen) atoms. The quantitative estimate of drug-likeness (QED) is 0.434. The maximum absolute atomic E-state index is 6.15. The molecule has 0 saturated carbocycles. The van der Waals surface area contributed by atoms with Crippen LogP contribution in [0.1, 0.15) is 16.7 Å². The van der Waals surface area contributed by atoms with Crippen molar-refractivity contribution in [2.24, 2.45) is 0 Å². The maximum Gasteiger partial charge on any atom is 0.263 e. The van der Waals surface area contributed by atoms with E-state index in [0.717, 1.165) is 62.6 Å². The van der Waals surface area contributed by atoms with Gasteiger partial charge in [-0.15, -0.1) is 0 Å². The van der Waals surface area contributed by atoms with Crippen LogP contribution in [0.2, 0.25) is 0 Å². The highest BCUT2D eigenvalue weighted by atomic mass is 16.5. The first-order valence-corrected chi connectivity index (χ1v) is 13.1. The van der Waals surface area contributed by atoms with E-state index in [1.165, 1.54) is 22.4 Å². The lowest BCUT2D eigenvalue weighted by atomic mass is 9.92. The molecule has 0 atom stereocenters. The van der Waals surface area contributed by atoms with Crippen molar-refractivity contribution in [1.29, 1.82) is 0 Å². The van der Waals surface area contributed by atoms with Gasteiger partial charge in [0.1, 0.15) is 0 Å². The predicted molar refractivity (Wildman–Crippen MR) is 150 cm³/mol. The van der Waals surface area contributed by atoms with E-state index in [9.17, 15) is 0 Å². The van der Waals surface area contributed by atoms with Crippen LogP contribution in [0, 0.1) is 6.92 Å². The van der Waals surface area contributed by atoms with Crippen LogP contribution in [0.4, 0.5) is 11.5 Å². The van der Waals surface area contributed by atoms with Gasteiger partial charge < -0.3 is 25.2 Å². The Hall–Kier alpha value is -3.95. The molecule has 2 aromatic carbocycles. The third-order valence-corrected chi connectivity index (χ3v) is 7.57. The number of aromatic nitrogens is 4. The van der Waals surface area contributed by atoms with E-state index in [0.29, 0.717) is 5.75 Å². The molecule has 0 amide bonds. The molecule has 2 aliphatic heterocycles. The second kappa shape index (κ2) is 10.1. The second-order valence-electron chi connectivity index (χ2n) is 10.4. The largest absolute Gasteiger partial charge is 0.433 e. The summed E-state index contributed by atoms with van der Waals surface area (Å²) in [5, 5.41) is 4.49. The summed E-state index contributed by atoms with van der Waals surface area (Å²) in [6.45, 7) is 8.43. The minimum atomic E-state index is 0.243. The van der Waals surface area contributed by atoms with Gasteiger partial charge in [0, 0.05) is 50.5 Å². The second-order valence-corrected chi connectivity index (χ2v) is 10.4. The number of rotatable bonds is 5. The summed E-state index contributed by atoms with van der Waals surface area (Å²) in [7, 11) is 4.32. The minimum Gasteiger partial charge on any atom is -0.433 e. The average Bonchev–Trinajstić information content (AvgIpc) is 3.39. The Balaban J connectivity index is 1.20. The summed E-state index contributed by atoms with van der Waals surface area (Å²) in [4.78, 5) is 16.2. The van der Waals surface area contributed by atoms with Crippen molar-refractivity contribution < 1.29 is 4.74 Å². The smallest absolute Gasteiger partial charge is 0.263 e. The van der Waals surface area contributed by atoms with E-state index in [1.807, 2.05) is 6.20 Å². The summed E-state index contributed by atoms with van der Waals surface area (Å²) >= 11 is 0. The first kappa shape index (κ1) is 24.4. The fourth-order valence-corrected chi connectivity index (χ4v) is 5.30. The van der Waals surface area contributed by atoms with Gasteiger partial charge in [0.25, 0.3) is 5.88 Å². The molecule has 196 valence electrons. The number of anilines is 2. The fraction of sp³-hybridized carbons (Fsp3) is 0.345. The number of hydrogen-bond acceptors (Lipinski definition) is 8. The van der Waals surface area contributed by atoms with Crippen molar-refractivity contribution >= 4 is 11.5 Å². The Labute approximate surface area is 223 Å². The van der Waals surface area contributed by atoms with E-state index in [4.69, 9.17) is 15.5 Å². The standard InChI is InChI=1S/C29H34N8O/c1-20-14-21(15-22-18-35(3)9-8-26(20)22)27-17-31-28(30)29(33-27)38-25-16-32-37(19-25)24-6-4-23(5-7-24)36-12-10-34(2)11-13-36/h4-7,14-17,19H,8-13,18H2,1-3H3,(H2,30,31). The molecule has 0 bridgehead atoms. The van der Waals surface area contributed by atoms with Crippen LogP contribution in [0.3, 0.4) is 0 Å². The average molecular weight is 511 g/mol. The number of benzene rings is 2. The highest BCUT2D eigenvalue weighted by Gasteiger charge is 2.18. The Morgan fingerprint density at radius 2 is 1.66 bits per heavy atom. The summed E-state index contributed by atoms with van der Waals surface area (Å²) in [6, 6.07) is 12.8. The molecule has 1 saturated heterocycles. The zero-order valence-corrected chi connectivity index (χ0v) is 22.3. The fourth-order valence-electron chi connectivity index (χ4n) is 5.30. The van der Waals surface area contributed by atoms with E-state index in [-0.39, 0.29) is 11.7 Å². The molecule has 9 nitrogen and oxygen atoms in total. The molecular weight excluding hydrogens is 476 g/mol. The number of hydrogen-bond donors (Lipinski definition) is 1. The van der Waals surface area contributed by atoms with E-state index >= 15 is 0 Å². The molecule has 9 heteroatoms. The molecule has 0 radical (unpaired) electrons. The number of nitrogen functional groups attached to an aromatic ring is 1. The molecule has 0 unspecified atom stereocenters. The summed E-state index contributed by atoms with van der Waals surface area (Å²) < 4.78 is 7.85. The van der Waals surface area contributed by atoms with Crippen molar-refractivity contribution in [3.05, 3.63) is 71.7 Å². The topological polar surface area (TPSA) is 88.6 Å². The Morgan fingerprint density at radius 1 is 0.895 bits per heavy atom. The van der Waals surface area contributed by atoms with E-state index < -0.39 is 0 Å². The summed E-state index contributed by atoms with van der Waals surface area (Å²) in [6.07, 6.45) is 6.28. The Bertz CT molecular complexity index is 1440. The van der Waals surface area contributed by atoms with Gasteiger partial charge in [-0.1, -0.05) is 0 Å². The molecule has 0 aliphatic carbocycles. The van der Waals surface area contributed by atoms with Crippen LogP contribution in [0.25, 0.3) is 16.9 Å². The Kier molecular flexibility index (Phi) is 6.47. The number of aryl methyl sites for hydroxylation is 1. The van der Waals surface area contributed by atoms with Crippen LogP contribution in [0.15, 0.2) is 55.0 Å². The van der Waals surface area contributed by atoms with Gasteiger partial charge >= 0.3 is 0 Å². The van der Waals surface area contributed by atoms with Gasteiger partial charge in [-0.2, -0.15) is 5.10 Å². The lowest BCUT2D eigenvalue weighted by molar-refractivity contribution is 0.312. The van der Waals surface area contributed by atoms with Crippen molar-refractivity contribution in [2.45, 2.75) is 19.9 Å². The van der Waals surface area contributed by atoms with Crippen LogP contribution in [-0.2, 0) is 13.0 Å². The number of nitrogens with zero attached hydrogens (tertiary/aromatic N) is 7. The third-order valence-electron chi connectivity index (χ3n) is 7.57. The lowest BCUT2D eigenvalue weighted by Gasteiger charge is -2.34. The van der Waals surface area contributed by atoms with Gasteiger partial charge in [-0.3, -0.25) is 0 Å². The van der Waals surface area contributed by atoms with Crippen LogP contribution < -0.4 is 15.4 Å². The summed E-state index contributed by atoms with van der Waals surface area (Å²) in [5.41, 5.74) is 14.2. The van der Waals surface area contributed by atoms with Crippen LogP contribution in [0.5, 0.6) is 11.6 Å². The predicted octanol–water partition coefficient (Wildman–Crippen LogP) is 3.75. The minimum absolute atomic E-state index is 0.243. The molecule has 6 rings (SSSR count). The summed E-state index contributed by atoms with van der Waals surface area (Å²) in [5.74, 6) is 1.07. The van der Waals surface area contributed by atoms with Gasteiger partial charge in [-0.05, 0) is 80.5 Å².